The lowest BCUT2D eigenvalue weighted by molar-refractivity contribution is 0.0409. The number of esters is 1. The molecule has 3 unspecified atom stereocenters. The molecule has 2 bridgehead atoms. The third kappa shape index (κ3) is 4.43. The van der Waals surface area contributed by atoms with E-state index in [4.69, 9.17) is 4.74 Å². The summed E-state index contributed by atoms with van der Waals surface area (Å²) in [5.74, 6) is -1.81. The van der Waals surface area contributed by atoms with Crippen molar-refractivity contribution in [3.8, 4) is 0 Å². The minimum atomic E-state index is -0.734. The fraction of sp³-hybridized carbons (Fsp3) is 0.276. The Hall–Kier alpha value is -3.55. The Morgan fingerprint density at radius 2 is 1.59 bits per heavy atom. The number of carbonyl (C=O) groups excluding carboxylic acids is 3. The first-order valence-corrected chi connectivity index (χ1v) is 12.2. The highest BCUT2D eigenvalue weighted by Gasteiger charge is 2.47. The van der Waals surface area contributed by atoms with E-state index in [1.807, 2.05) is 18.2 Å². The molecule has 3 aromatic rings. The van der Waals surface area contributed by atoms with Crippen LogP contribution in [-0.2, 0) is 11.3 Å². The van der Waals surface area contributed by atoms with Crippen molar-refractivity contribution >= 4 is 35.9 Å². The van der Waals surface area contributed by atoms with E-state index in [-0.39, 0.29) is 47.3 Å². The molecule has 1 saturated heterocycles. The van der Waals surface area contributed by atoms with E-state index >= 15 is 0 Å². The summed E-state index contributed by atoms with van der Waals surface area (Å²) in [4.78, 5) is 42.5. The van der Waals surface area contributed by atoms with Gasteiger partial charge in [-0.05, 0) is 54.7 Å². The van der Waals surface area contributed by atoms with Crippen molar-refractivity contribution in [2.75, 3.05) is 18.1 Å². The number of amides is 2. The van der Waals surface area contributed by atoms with Crippen LogP contribution < -0.4 is 4.90 Å². The van der Waals surface area contributed by atoms with Gasteiger partial charge in [0.1, 0.15) is 5.82 Å². The minimum Gasteiger partial charge on any atom is -0.462 e. The van der Waals surface area contributed by atoms with Crippen LogP contribution in [0.4, 0.5) is 10.1 Å². The van der Waals surface area contributed by atoms with Gasteiger partial charge < -0.3 is 4.74 Å². The number of halogens is 2. The maximum atomic E-state index is 14.2. The molecule has 3 aliphatic rings. The molecule has 3 atom stereocenters. The second kappa shape index (κ2) is 10.1. The molecule has 6 nitrogen and oxygen atoms in total. The zero-order valence-electron chi connectivity index (χ0n) is 20.0. The van der Waals surface area contributed by atoms with Gasteiger partial charge in [-0.2, -0.15) is 0 Å². The highest BCUT2D eigenvalue weighted by atomic mass is 35.5. The molecule has 2 heterocycles. The molecular weight excluding hydrogens is 495 g/mol. The van der Waals surface area contributed by atoms with E-state index in [2.05, 4.69) is 17.0 Å². The van der Waals surface area contributed by atoms with Crippen molar-refractivity contribution in [2.24, 2.45) is 11.8 Å². The number of benzene rings is 3. The normalized spacial score (nSPS) is 22.2. The topological polar surface area (TPSA) is 66.9 Å². The number of ether oxygens (including phenoxy) is 1. The van der Waals surface area contributed by atoms with Gasteiger partial charge in [0.05, 0.1) is 29.0 Å². The zero-order valence-corrected chi connectivity index (χ0v) is 20.8. The molecule has 0 spiro atoms. The summed E-state index contributed by atoms with van der Waals surface area (Å²) in [5, 5.41) is 0. The van der Waals surface area contributed by atoms with Crippen LogP contribution in [0.5, 0.6) is 0 Å². The number of hydrogen-bond donors (Lipinski definition) is 0. The standard InChI is InChI=1S/C29H25FN2O4.ClH/c30-20-11-13-26(32-27(33)21-8-4-5-9-22(21)28(32)34)23(14-20)29(35)36-17-24-19-10-12-25(24)31(16-19)15-18-6-2-1-3-7-18;/h1-9,11,13-14,19,24-25H,10,12,15-17H2;1H. The van der Waals surface area contributed by atoms with Crippen molar-refractivity contribution in [3.05, 3.63) is 101 Å². The summed E-state index contributed by atoms with van der Waals surface area (Å²) in [7, 11) is 0. The lowest BCUT2D eigenvalue weighted by Crippen LogP contribution is -2.34. The highest BCUT2D eigenvalue weighted by Crippen LogP contribution is 2.43. The van der Waals surface area contributed by atoms with Crippen LogP contribution in [0.1, 0.15) is 49.5 Å². The maximum absolute atomic E-state index is 14.2. The van der Waals surface area contributed by atoms with Crippen LogP contribution in [0.2, 0.25) is 0 Å². The molecule has 37 heavy (non-hydrogen) atoms. The van der Waals surface area contributed by atoms with Crippen LogP contribution in [0.25, 0.3) is 0 Å². The highest BCUT2D eigenvalue weighted by molar-refractivity contribution is 6.35. The molecular formula is C29H26ClFN2O4. The molecule has 0 N–H and O–H groups in total. The van der Waals surface area contributed by atoms with Crippen molar-refractivity contribution < 1.29 is 23.5 Å². The Labute approximate surface area is 220 Å². The smallest absolute Gasteiger partial charge is 0.340 e. The van der Waals surface area contributed by atoms with Gasteiger partial charge in [-0.1, -0.05) is 42.5 Å². The number of anilines is 1. The first-order valence-electron chi connectivity index (χ1n) is 12.2. The first kappa shape index (κ1) is 25.1. The summed E-state index contributed by atoms with van der Waals surface area (Å²) in [5.41, 5.74) is 1.68. The summed E-state index contributed by atoms with van der Waals surface area (Å²) >= 11 is 0. The third-order valence-corrected chi connectivity index (χ3v) is 7.72. The van der Waals surface area contributed by atoms with E-state index in [1.165, 1.54) is 11.6 Å². The predicted octanol–water partition coefficient (Wildman–Crippen LogP) is 5.12. The van der Waals surface area contributed by atoms with E-state index in [1.54, 1.807) is 24.3 Å². The summed E-state index contributed by atoms with van der Waals surface area (Å²) < 4.78 is 19.9. The average molecular weight is 521 g/mol. The molecule has 0 radical (unpaired) electrons. The number of rotatable bonds is 6. The first-order chi connectivity index (χ1) is 17.5. The quantitative estimate of drug-likeness (QED) is 0.333. The second-order valence-electron chi connectivity index (χ2n) is 9.73. The molecule has 2 aliphatic heterocycles. The molecule has 2 fully saturated rings. The summed E-state index contributed by atoms with van der Waals surface area (Å²) in [6, 6.07) is 20.6. The fourth-order valence-electron chi connectivity index (χ4n) is 6.02. The fourth-order valence-corrected chi connectivity index (χ4v) is 6.02. The number of nitrogens with zero attached hydrogens (tertiary/aromatic N) is 2. The monoisotopic (exact) mass is 520 g/mol. The van der Waals surface area contributed by atoms with E-state index in [0.717, 1.165) is 43.0 Å². The number of fused-ring (bicyclic) bond motifs is 3. The number of likely N-dealkylation sites (tertiary alicyclic amines) is 1. The van der Waals surface area contributed by atoms with Gasteiger partial charge in [0.15, 0.2) is 0 Å². The second-order valence-corrected chi connectivity index (χ2v) is 9.73. The van der Waals surface area contributed by atoms with Crippen LogP contribution in [-0.4, -0.2) is 41.9 Å². The SMILES string of the molecule is Cl.O=C(OCC1C2CCC1N(Cc1ccccc1)C2)c1cc(F)ccc1N1C(=O)c2ccccc2C1=O. The van der Waals surface area contributed by atoms with Crippen LogP contribution in [0, 0.1) is 17.7 Å². The zero-order chi connectivity index (χ0) is 24.8. The third-order valence-electron chi connectivity index (χ3n) is 7.72. The van der Waals surface area contributed by atoms with Gasteiger partial charge in [-0.15, -0.1) is 12.4 Å². The Morgan fingerprint density at radius 3 is 2.30 bits per heavy atom. The van der Waals surface area contributed by atoms with Gasteiger partial charge >= 0.3 is 5.97 Å². The molecule has 1 aliphatic carbocycles. The lowest BCUT2D eigenvalue weighted by Gasteiger charge is -2.27. The van der Waals surface area contributed by atoms with Crippen LogP contribution in [0.3, 0.4) is 0 Å². The molecule has 1 saturated carbocycles. The number of carbonyl (C=O) groups is 3. The molecule has 2 amide bonds. The molecule has 8 heteroatoms. The Kier molecular flexibility index (Phi) is 6.84. The number of imide groups is 1. The van der Waals surface area contributed by atoms with Crippen molar-refractivity contribution in [3.63, 3.8) is 0 Å². The van der Waals surface area contributed by atoms with Crippen molar-refractivity contribution in [1.82, 2.24) is 4.90 Å². The van der Waals surface area contributed by atoms with Gasteiger partial charge in [0.2, 0.25) is 0 Å². The van der Waals surface area contributed by atoms with Crippen LogP contribution in [0.15, 0.2) is 72.8 Å². The van der Waals surface area contributed by atoms with Crippen LogP contribution >= 0.6 is 12.4 Å². The molecule has 190 valence electrons. The predicted molar refractivity (Wildman–Crippen MR) is 138 cm³/mol. The van der Waals surface area contributed by atoms with E-state index < -0.39 is 23.6 Å². The lowest BCUT2D eigenvalue weighted by atomic mass is 9.99. The number of hydrogen-bond acceptors (Lipinski definition) is 5. The molecule has 0 aromatic heterocycles. The largest absolute Gasteiger partial charge is 0.462 e. The van der Waals surface area contributed by atoms with Gasteiger partial charge in [0, 0.05) is 25.0 Å². The Morgan fingerprint density at radius 1 is 0.919 bits per heavy atom. The van der Waals surface area contributed by atoms with E-state index in [0.29, 0.717) is 12.0 Å². The summed E-state index contributed by atoms with van der Waals surface area (Å²) in [6.45, 7) is 2.04. The average Bonchev–Trinajstić information content (AvgIpc) is 3.52. The van der Waals surface area contributed by atoms with Gasteiger partial charge in [-0.25, -0.2) is 14.1 Å². The van der Waals surface area contributed by atoms with E-state index in [9.17, 15) is 18.8 Å². The molecule has 6 rings (SSSR count). The van der Waals surface area contributed by atoms with Crippen molar-refractivity contribution in [1.29, 1.82) is 0 Å². The van der Waals surface area contributed by atoms with Crippen molar-refractivity contribution in [2.45, 2.75) is 25.4 Å². The van der Waals surface area contributed by atoms with Gasteiger partial charge in [0.25, 0.3) is 11.8 Å². The Balaban J connectivity index is 0.00000280. The Bertz CT molecular complexity index is 1330. The molecule has 3 aromatic carbocycles. The maximum Gasteiger partial charge on any atom is 0.340 e. The number of piperidine rings is 1. The summed E-state index contributed by atoms with van der Waals surface area (Å²) in [6.07, 6.45) is 2.15. The van der Waals surface area contributed by atoms with Gasteiger partial charge in [-0.3, -0.25) is 14.5 Å². The minimum absolute atomic E-state index is 0.